The molecule has 6 heteroatoms. The molecule has 0 saturated carbocycles. The van der Waals surface area contributed by atoms with Gasteiger partial charge in [0.05, 0.1) is 6.04 Å². The molecule has 0 spiro atoms. The van der Waals surface area contributed by atoms with E-state index in [0.717, 1.165) is 28.7 Å². The van der Waals surface area contributed by atoms with E-state index in [1.54, 1.807) is 29.8 Å². The number of aryl methyl sites for hydroxylation is 1. The summed E-state index contributed by atoms with van der Waals surface area (Å²) in [5, 5.41) is 9.42. The Morgan fingerprint density at radius 2 is 1.68 bits per heavy atom. The fraction of sp³-hybridized carbons (Fsp3) is 0.357. The summed E-state index contributed by atoms with van der Waals surface area (Å²) in [6, 6.07) is 17.8. The van der Waals surface area contributed by atoms with Gasteiger partial charge >= 0.3 is 0 Å². The Bertz CT molecular complexity index is 1200. The third-order valence-corrected chi connectivity index (χ3v) is 7.19. The lowest BCUT2D eigenvalue weighted by molar-refractivity contribution is -0.138. The highest BCUT2D eigenvalue weighted by atomic mass is 19.1. The number of nitrogens with zero attached hydrogens (tertiary/aromatic N) is 2. The first-order chi connectivity index (χ1) is 16.3. The molecule has 5 nitrogen and oxygen atoms in total. The van der Waals surface area contributed by atoms with Crippen LogP contribution < -0.4 is 5.56 Å². The van der Waals surface area contributed by atoms with Crippen LogP contribution in [0.1, 0.15) is 49.8 Å². The largest absolute Gasteiger partial charge is 0.396 e. The molecule has 1 aliphatic rings. The molecule has 178 valence electrons. The highest BCUT2D eigenvalue weighted by Gasteiger charge is 2.41. The number of piperidine rings is 1. The molecular formula is C28H31FN2O3. The Morgan fingerprint density at radius 3 is 2.29 bits per heavy atom. The number of pyridine rings is 1. The summed E-state index contributed by atoms with van der Waals surface area (Å²) in [6.45, 7) is 2.71. The van der Waals surface area contributed by atoms with E-state index in [0.29, 0.717) is 25.8 Å². The van der Waals surface area contributed by atoms with Gasteiger partial charge in [0.1, 0.15) is 5.82 Å². The van der Waals surface area contributed by atoms with Gasteiger partial charge in [0.15, 0.2) is 0 Å². The van der Waals surface area contributed by atoms with Crippen LogP contribution in [0.5, 0.6) is 0 Å². The minimum atomic E-state index is -0.378. The molecule has 1 N–H and O–H groups in total. The lowest BCUT2D eigenvalue weighted by atomic mass is 9.69. The van der Waals surface area contributed by atoms with E-state index in [1.165, 1.54) is 12.1 Å². The van der Waals surface area contributed by atoms with Crippen LogP contribution in [0, 0.1) is 5.82 Å². The molecule has 0 bridgehead atoms. The van der Waals surface area contributed by atoms with Crippen LogP contribution in [0.3, 0.4) is 0 Å². The topological polar surface area (TPSA) is 62.5 Å². The first-order valence-electron chi connectivity index (χ1n) is 11.8. The first-order valence-corrected chi connectivity index (χ1v) is 11.8. The molecule has 2 heterocycles. The van der Waals surface area contributed by atoms with Crippen molar-refractivity contribution < 1.29 is 14.3 Å². The second kappa shape index (κ2) is 9.94. The van der Waals surface area contributed by atoms with Gasteiger partial charge in [0.2, 0.25) is 11.5 Å². The number of benzene rings is 2. The van der Waals surface area contributed by atoms with Crippen molar-refractivity contribution in [1.29, 1.82) is 0 Å². The van der Waals surface area contributed by atoms with E-state index in [9.17, 15) is 19.1 Å². The molecule has 34 heavy (non-hydrogen) atoms. The number of aliphatic hydroxyl groups is 1. The number of hydrogen-bond donors (Lipinski definition) is 1. The number of aromatic nitrogens is 1. The molecule has 1 aliphatic heterocycles. The molecule has 1 aromatic heterocycles. The standard InChI is InChI=1S/C28H31FN2O3/c1-20(21-4-6-22(7-5-21)23-8-13-26(33)30(2)19-23)31-16-15-28(14-3-17-32,18-27(31)34)24-9-11-25(29)12-10-24/h4-13,19-20,32H,3,14-18H2,1-2H3/t20-,28?/m0/s1. The van der Waals surface area contributed by atoms with Gasteiger partial charge in [0.25, 0.3) is 0 Å². The summed E-state index contributed by atoms with van der Waals surface area (Å²) in [5.74, 6) is -0.220. The van der Waals surface area contributed by atoms with Crippen LogP contribution in [-0.2, 0) is 17.3 Å². The maximum Gasteiger partial charge on any atom is 0.250 e. The average molecular weight is 463 g/mol. The van der Waals surface area contributed by atoms with Crippen molar-refractivity contribution in [2.45, 2.75) is 44.1 Å². The Kier molecular flexibility index (Phi) is 6.98. The summed E-state index contributed by atoms with van der Waals surface area (Å²) < 4.78 is 15.1. The van der Waals surface area contributed by atoms with Crippen molar-refractivity contribution in [3.8, 4) is 11.1 Å². The Morgan fingerprint density at radius 1 is 1.00 bits per heavy atom. The molecule has 1 fully saturated rings. The molecule has 0 radical (unpaired) electrons. The van der Waals surface area contributed by atoms with E-state index in [1.807, 2.05) is 48.4 Å². The summed E-state index contributed by atoms with van der Waals surface area (Å²) in [6.07, 6.45) is 4.23. The predicted octanol–water partition coefficient (Wildman–Crippen LogP) is 4.59. The minimum Gasteiger partial charge on any atom is -0.396 e. The quantitative estimate of drug-likeness (QED) is 0.559. The zero-order valence-corrected chi connectivity index (χ0v) is 19.7. The van der Waals surface area contributed by atoms with Gasteiger partial charge in [-0.15, -0.1) is 0 Å². The fourth-order valence-electron chi connectivity index (χ4n) is 5.07. The number of carbonyl (C=O) groups is 1. The summed E-state index contributed by atoms with van der Waals surface area (Å²) in [5.41, 5.74) is 3.56. The number of hydrogen-bond acceptors (Lipinski definition) is 3. The molecule has 1 saturated heterocycles. The van der Waals surface area contributed by atoms with Crippen molar-refractivity contribution >= 4 is 5.91 Å². The molecule has 2 aromatic carbocycles. The van der Waals surface area contributed by atoms with Gasteiger partial charge in [-0.3, -0.25) is 9.59 Å². The fourth-order valence-corrected chi connectivity index (χ4v) is 5.07. The highest BCUT2D eigenvalue weighted by Crippen LogP contribution is 2.42. The molecule has 4 rings (SSSR count). The van der Waals surface area contributed by atoms with Crippen molar-refractivity contribution in [3.05, 3.63) is 94.2 Å². The van der Waals surface area contributed by atoms with Crippen LogP contribution in [0.25, 0.3) is 11.1 Å². The summed E-state index contributed by atoms with van der Waals surface area (Å²) in [7, 11) is 1.73. The molecule has 3 aromatic rings. The monoisotopic (exact) mass is 462 g/mol. The highest BCUT2D eigenvalue weighted by molar-refractivity contribution is 5.79. The molecule has 1 unspecified atom stereocenters. The van der Waals surface area contributed by atoms with Crippen molar-refractivity contribution in [3.63, 3.8) is 0 Å². The number of likely N-dealkylation sites (tertiary alicyclic amines) is 1. The maximum atomic E-state index is 13.5. The van der Waals surface area contributed by atoms with Crippen molar-refractivity contribution in [2.75, 3.05) is 13.2 Å². The summed E-state index contributed by atoms with van der Waals surface area (Å²) >= 11 is 0. The van der Waals surface area contributed by atoms with Gasteiger partial charge in [-0.25, -0.2) is 4.39 Å². The normalized spacial score (nSPS) is 19.3. The van der Waals surface area contributed by atoms with E-state index in [-0.39, 0.29) is 35.3 Å². The van der Waals surface area contributed by atoms with Crippen molar-refractivity contribution in [2.24, 2.45) is 7.05 Å². The lowest BCUT2D eigenvalue weighted by Crippen LogP contribution is -2.47. The third kappa shape index (κ3) is 4.82. The van der Waals surface area contributed by atoms with Gasteiger partial charge in [-0.2, -0.15) is 0 Å². The molecule has 0 aliphatic carbocycles. The van der Waals surface area contributed by atoms with Crippen LogP contribution >= 0.6 is 0 Å². The maximum absolute atomic E-state index is 13.5. The summed E-state index contributed by atoms with van der Waals surface area (Å²) in [4.78, 5) is 26.9. The van der Waals surface area contributed by atoms with E-state index in [4.69, 9.17) is 0 Å². The van der Waals surface area contributed by atoms with Gasteiger partial charge in [0, 0.05) is 44.3 Å². The number of carbonyl (C=O) groups excluding carboxylic acids is 1. The number of aliphatic hydroxyl groups excluding tert-OH is 1. The van der Waals surface area contributed by atoms with E-state index in [2.05, 4.69) is 0 Å². The lowest BCUT2D eigenvalue weighted by Gasteiger charge is -2.44. The molecular weight excluding hydrogens is 431 g/mol. The van der Waals surface area contributed by atoms with E-state index < -0.39 is 0 Å². The average Bonchev–Trinajstić information content (AvgIpc) is 2.84. The van der Waals surface area contributed by atoms with Crippen LogP contribution in [0.15, 0.2) is 71.7 Å². The molecule has 1 amide bonds. The number of halogens is 1. The van der Waals surface area contributed by atoms with Crippen LogP contribution in [-0.4, -0.2) is 33.6 Å². The zero-order valence-electron chi connectivity index (χ0n) is 19.7. The predicted molar refractivity (Wildman–Crippen MR) is 131 cm³/mol. The SMILES string of the molecule is C[C@@H](c1ccc(-c2ccc(=O)n(C)c2)cc1)N1CCC(CCCO)(c2ccc(F)cc2)CC1=O. The number of amides is 1. The van der Waals surface area contributed by atoms with Gasteiger partial charge in [-0.1, -0.05) is 36.4 Å². The minimum absolute atomic E-state index is 0.0479. The Labute approximate surface area is 199 Å². The number of rotatable bonds is 7. The second-order valence-corrected chi connectivity index (χ2v) is 9.29. The van der Waals surface area contributed by atoms with Gasteiger partial charge in [-0.05, 0) is 66.6 Å². The Hall–Kier alpha value is -3.25. The third-order valence-electron chi connectivity index (χ3n) is 7.19. The second-order valence-electron chi connectivity index (χ2n) is 9.29. The zero-order chi connectivity index (χ0) is 24.3. The Balaban J connectivity index is 1.52. The first kappa shape index (κ1) is 23.9. The van der Waals surface area contributed by atoms with Crippen LogP contribution in [0.4, 0.5) is 4.39 Å². The van der Waals surface area contributed by atoms with E-state index >= 15 is 0 Å². The van der Waals surface area contributed by atoms with Crippen molar-refractivity contribution in [1.82, 2.24) is 9.47 Å². The van der Waals surface area contributed by atoms with Crippen LogP contribution in [0.2, 0.25) is 0 Å². The molecule has 2 atom stereocenters. The smallest absolute Gasteiger partial charge is 0.250 e. The van der Waals surface area contributed by atoms with Gasteiger partial charge < -0.3 is 14.6 Å².